The van der Waals surface area contributed by atoms with E-state index in [4.69, 9.17) is 39.5 Å². The number of thiol groups is 2. The van der Waals surface area contributed by atoms with E-state index in [0.717, 1.165) is 13.8 Å². The minimum absolute atomic E-state index is 0.00186. The van der Waals surface area contributed by atoms with Gasteiger partial charge in [-0.2, -0.15) is 25.3 Å². The maximum Gasteiger partial charge on any atom is 0.322 e. The van der Waals surface area contributed by atoms with Crippen LogP contribution >= 0.6 is 25.3 Å². The topological polar surface area (TPSA) is 769 Å². The summed E-state index contributed by atoms with van der Waals surface area (Å²) in [5.41, 5.74) is 33.9. The summed E-state index contributed by atoms with van der Waals surface area (Å²) in [6, 6.07) is -17.5. The highest BCUT2D eigenvalue weighted by atomic mass is 32.1. The number of unbranched alkanes of at least 4 members (excludes halogenated alkanes) is 2. The molecule has 2 rings (SSSR count). The molecule has 1 aliphatic rings. The Labute approximate surface area is 679 Å². The number of aliphatic hydroxyl groups excluding tert-OH is 3. The van der Waals surface area contributed by atoms with Gasteiger partial charge in [-0.1, -0.05) is 20.3 Å². The molecule has 1 aromatic heterocycles. The lowest BCUT2D eigenvalue weighted by Gasteiger charge is -2.31. The lowest BCUT2D eigenvalue weighted by Crippen LogP contribution is -2.61. The van der Waals surface area contributed by atoms with E-state index in [-0.39, 0.29) is 109 Å². The monoisotopic (exact) mass is 1690 g/mol. The molecule has 0 aromatic carbocycles. The molecule has 1 aliphatic heterocycles. The number of aromatic nitrogens is 2. The molecule has 32 N–H and O–H groups in total. The van der Waals surface area contributed by atoms with Crippen LogP contribution in [0.15, 0.2) is 17.5 Å². The van der Waals surface area contributed by atoms with Crippen LogP contribution in [0, 0.1) is 5.92 Å². The Balaban J connectivity index is 2.15. The molecular weight excluding hydrogens is 1570 g/mol. The second-order valence-corrected chi connectivity index (χ2v) is 27.9. The van der Waals surface area contributed by atoms with Gasteiger partial charge in [0.15, 0.2) is 5.96 Å². The molecule has 0 radical (unpaired) electrons. The maximum atomic E-state index is 14.4. The number of guanidine groups is 1. The van der Waals surface area contributed by atoms with Gasteiger partial charge in [0.2, 0.25) is 100 Å². The number of amides is 17. The quantitative estimate of drug-likeness (QED) is 0.0125. The number of primary amides is 1. The number of aliphatic imine (C=N–C) groups is 1. The first kappa shape index (κ1) is 101. The summed E-state index contributed by atoms with van der Waals surface area (Å²) in [4.78, 5) is 250. The molecule has 0 unspecified atom stereocenters. The van der Waals surface area contributed by atoms with Crippen molar-refractivity contribution < 1.29 is 107 Å². The van der Waals surface area contributed by atoms with Crippen LogP contribution in [0.4, 0.5) is 0 Å². The van der Waals surface area contributed by atoms with Crippen molar-refractivity contribution in [1.29, 1.82) is 0 Å². The van der Waals surface area contributed by atoms with E-state index in [0.29, 0.717) is 25.0 Å². The summed E-state index contributed by atoms with van der Waals surface area (Å²) in [6.07, 6.45) is 0.928. The minimum Gasteiger partial charge on any atom is -0.480 e. The van der Waals surface area contributed by atoms with Crippen LogP contribution < -0.4 is 114 Å². The highest BCUT2D eigenvalue weighted by Crippen LogP contribution is 2.21. The number of hydrogen-bond donors (Lipinski definition) is 28. The number of carboxylic acids is 1. The van der Waals surface area contributed by atoms with Gasteiger partial charge in [-0.05, 0) is 103 Å². The van der Waals surface area contributed by atoms with Crippen LogP contribution in [0.5, 0.6) is 0 Å². The van der Waals surface area contributed by atoms with Crippen LogP contribution in [0.3, 0.4) is 0 Å². The number of nitrogens with two attached hydrogens (primary N) is 6. The number of aliphatic hydroxyl groups is 3. The molecule has 2 heterocycles. The Bertz CT molecular complexity index is 3510. The third-order valence-corrected chi connectivity index (χ3v) is 18.5. The Morgan fingerprint density at radius 1 is 0.534 bits per heavy atom. The van der Waals surface area contributed by atoms with E-state index in [2.05, 4.69) is 115 Å². The number of likely N-dealkylation sites (tertiary alicyclic amines) is 1. The fourth-order valence-electron chi connectivity index (χ4n) is 11.1. The number of aliphatic carboxylic acids is 1. The minimum atomic E-state index is -1.80. The molecule has 1 aromatic rings. The van der Waals surface area contributed by atoms with Crippen LogP contribution in [0.25, 0.3) is 0 Å². The number of rotatable bonds is 56. The van der Waals surface area contributed by atoms with Gasteiger partial charge >= 0.3 is 5.97 Å². The smallest absolute Gasteiger partial charge is 0.322 e. The standard InChI is InChI=1S/C67H115N25O22S2/c1-5-33(2)52(91-61(109)44(31-116)88-59(107)42(29-93)87-62(110)45-15-11-21-92(45)66(114)40(14-10-20-75-67(72)73)85-58(106)39(13-7-9-19-69)83-55(103)37(70)16-17-46(71)96)63(111)79-26-48(98)82-43(30-115)60(108)84-38(12-6-8-18-68)56(104)78-27-50(100)90-54(35(4)95)65(113)86-41(22-36-23-74-32-81-36)57(105)77-24-47(97)76-25-49(99)89-53(34(3)94)64(112)80-28-51(101)102/h23,32-35,37-45,52-54,93-95,115-116H,5-22,24-31,68-70H2,1-4H3,(H2,71,96)(H,74,81)(H,76,97)(H,77,105)(H,78,104)(H,79,111)(H,80,112)(H,82,98)(H,83,103)(H,84,108)(H,85,106)(H,86,113)(H,87,110)(H,88,107)(H,89,99)(H,90,100)(H,91,109)(H,101,102)(H4,72,73,75)/t33-,34+,35+,37-,38-,39-,40-,41-,42-,43-,44-,45-,52-,53-,54-/m0/s1. The molecule has 15 atom stereocenters. The molecule has 0 spiro atoms. The predicted molar refractivity (Wildman–Crippen MR) is 419 cm³/mol. The Hall–Kier alpha value is -10.6. The van der Waals surface area contributed by atoms with Gasteiger partial charge in [-0.3, -0.25) is 91.3 Å². The fourth-order valence-corrected chi connectivity index (χ4v) is 11.6. The average Bonchev–Trinajstić information content (AvgIpc) is 1.65. The third-order valence-electron chi connectivity index (χ3n) is 17.8. The Morgan fingerprint density at radius 2 is 1.00 bits per heavy atom. The molecule has 0 aliphatic carbocycles. The molecule has 1 saturated heterocycles. The molecule has 47 nitrogen and oxygen atoms in total. The Kier molecular flexibility index (Phi) is 47.5. The van der Waals surface area contributed by atoms with Crippen molar-refractivity contribution in [2.45, 2.75) is 202 Å². The lowest BCUT2D eigenvalue weighted by atomic mass is 9.98. The molecule has 0 saturated carbocycles. The number of carbonyl (C=O) groups excluding carboxylic acids is 17. The van der Waals surface area contributed by atoms with E-state index >= 15 is 0 Å². The van der Waals surface area contributed by atoms with E-state index < -0.39 is 242 Å². The van der Waals surface area contributed by atoms with Gasteiger partial charge in [-0.25, -0.2) is 4.98 Å². The van der Waals surface area contributed by atoms with E-state index in [1.54, 1.807) is 13.8 Å². The van der Waals surface area contributed by atoms with Crippen LogP contribution in [0.2, 0.25) is 0 Å². The second kappa shape index (κ2) is 54.3. The number of hydrogen-bond acceptors (Lipinski definition) is 28. The third kappa shape index (κ3) is 37.8. The number of aromatic amines is 1. The number of carboxylic acid groups (broad SMARTS) is 1. The van der Waals surface area contributed by atoms with Crippen molar-refractivity contribution in [1.82, 2.24) is 94.6 Å². The largest absolute Gasteiger partial charge is 0.480 e. The highest BCUT2D eigenvalue weighted by molar-refractivity contribution is 7.80. The summed E-state index contributed by atoms with van der Waals surface area (Å²) < 4.78 is 0. The number of H-pyrrole nitrogens is 1. The molecule has 17 amide bonds. The molecule has 652 valence electrons. The normalized spacial score (nSPS) is 15.9. The maximum absolute atomic E-state index is 14.4. The van der Waals surface area contributed by atoms with E-state index in [1.807, 2.05) is 5.32 Å². The first-order valence-electron chi connectivity index (χ1n) is 37.4. The first-order chi connectivity index (χ1) is 54.9. The zero-order chi connectivity index (χ0) is 87.3. The number of imidazole rings is 1. The number of nitrogens with zero attached hydrogens (tertiary/aromatic N) is 3. The van der Waals surface area contributed by atoms with Crippen molar-refractivity contribution in [3.63, 3.8) is 0 Å². The average molecular weight is 1690 g/mol. The van der Waals surface area contributed by atoms with Gasteiger partial charge in [0, 0.05) is 49.3 Å². The van der Waals surface area contributed by atoms with Crippen molar-refractivity contribution in [3.05, 3.63) is 18.2 Å². The van der Waals surface area contributed by atoms with Crippen molar-refractivity contribution >= 4 is 138 Å². The zero-order valence-corrected chi connectivity index (χ0v) is 66.8. The molecule has 0 bridgehead atoms. The summed E-state index contributed by atoms with van der Waals surface area (Å²) in [5, 5.41) is 75.2. The highest BCUT2D eigenvalue weighted by Gasteiger charge is 2.41. The SMILES string of the molecule is CC[C@H](C)[C@H](NC(=O)[C@H](CS)NC(=O)[C@H](CO)NC(=O)[C@@H]1CCCN1C(=O)[C@H](CCCN=C(N)N)NC(=O)[C@H](CCCCN)NC(=O)[C@@H](N)CCC(N)=O)C(=O)NCC(=O)N[C@@H](CS)C(=O)N[C@@H](CCCCN)C(=O)NCC(=O)N[C@H](C(=O)N[C@@H](Cc1cnc[nH]1)C(=O)NCC(=O)NCC(=O)N[C@H](C(=O)NCC(=O)O)[C@@H](C)O)[C@@H](C)O. The first-order valence-corrected chi connectivity index (χ1v) is 38.7. The van der Waals surface area contributed by atoms with Gasteiger partial charge in [0.25, 0.3) is 0 Å². The summed E-state index contributed by atoms with van der Waals surface area (Å²) in [6.45, 7) is 0.935. The number of nitrogens with one attached hydrogen (secondary N) is 16. The molecule has 116 heavy (non-hydrogen) atoms. The van der Waals surface area contributed by atoms with E-state index in [9.17, 15) is 102 Å². The van der Waals surface area contributed by atoms with Crippen molar-refractivity contribution in [2.75, 3.05) is 77.0 Å². The fraction of sp³-hybridized carbons (Fsp3) is 0.672. The van der Waals surface area contributed by atoms with Gasteiger partial charge in [0.05, 0.1) is 57.4 Å². The molecule has 1 fully saturated rings. The predicted octanol–water partition coefficient (Wildman–Crippen LogP) is -13.0. The van der Waals surface area contributed by atoms with Crippen LogP contribution in [-0.2, 0) is 92.7 Å². The summed E-state index contributed by atoms with van der Waals surface area (Å²) in [5.74, 6) is -18.9. The van der Waals surface area contributed by atoms with Gasteiger partial charge in [0.1, 0.15) is 73.0 Å². The van der Waals surface area contributed by atoms with Crippen molar-refractivity contribution in [3.8, 4) is 0 Å². The van der Waals surface area contributed by atoms with Crippen LogP contribution in [-0.4, -0.2) is 309 Å². The summed E-state index contributed by atoms with van der Waals surface area (Å²) >= 11 is 8.41. The molecular formula is C67H115N25O22S2. The van der Waals surface area contributed by atoms with Gasteiger partial charge < -0.3 is 144 Å². The summed E-state index contributed by atoms with van der Waals surface area (Å²) in [7, 11) is 0. The van der Waals surface area contributed by atoms with Gasteiger partial charge in [-0.15, -0.1) is 0 Å². The lowest BCUT2D eigenvalue weighted by molar-refractivity contribution is -0.143. The van der Waals surface area contributed by atoms with Crippen molar-refractivity contribution in [2.24, 2.45) is 45.3 Å². The van der Waals surface area contributed by atoms with E-state index in [1.165, 1.54) is 17.4 Å². The second-order valence-electron chi connectivity index (χ2n) is 27.1. The van der Waals surface area contributed by atoms with Crippen LogP contribution in [0.1, 0.15) is 117 Å². The zero-order valence-electron chi connectivity index (χ0n) is 65.0. The Morgan fingerprint density at radius 3 is 1.53 bits per heavy atom. The molecule has 49 heteroatoms. The number of carbonyl (C=O) groups is 18.